The lowest BCUT2D eigenvalue weighted by Gasteiger charge is -2.17. The van der Waals surface area contributed by atoms with E-state index < -0.39 is 35.0 Å². The Morgan fingerprint density at radius 1 is 1.00 bits per heavy atom. The highest BCUT2D eigenvalue weighted by Crippen LogP contribution is 2.41. The smallest absolute Gasteiger partial charge is 0.417 e. The third-order valence-electron chi connectivity index (χ3n) is 2.38. The Labute approximate surface area is 104 Å². The summed E-state index contributed by atoms with van der Waals surface area (Å²) in [6.07, 6.45) is -10.4. The molecule has 1 rings (SSSR count). The molecule has 0 bridgehead atoms. The number of halogens is 6. The highest BCUT2D eigenvalue weighted by molar-refractivity contribution is 5.91. The molecule has 19 heavy (non-hydrogen) atoms. The standard InChI is InChI=1S/C11H8F6O2/c1-5-3-7(10(12,13)14)8(11(15,16)17)4-6(5)9(18)19-2/h3-4H,1-2H3. The highest BCUT2D eigenvalue weighted by atomic mass is 19.4. The zero-order chi connectivity index (χ0) is 15.0. The van der Waals surface area contributed by atoms with Gasteiger partial charge in [-0.2, -0.15) is 26.3 Å². The lowest BCUT2D eigenvalue weighted by Crippen LogP contribution is -2.19. The van der Waals surface area contributed by atoms with Crippen molar-refractivity contribution in [2.75, 3.05) is 7.11 Å². The molecule has 0 aliphatic rings. The Kier molecular flexibility index (Phi) is 3.83. The van der Waals surface area contributed by atoms with E-state index in [1.165, 1.54) is 0 Å². The van der Waals surface area contributed by atoms with Crippen LogP contribution in [0.2, 0.25) is 0 Å². The number of alkyl halides is 6. The van der Waals surface area contributed by atoms with Gasteiger partial charge >= 0.3 is 18.3 Å². The molecular weight excluding hydrogens is 278 g/mol. The van der Waals surface area contributed by atoms with Crippen LogP contribution in [-0.2, 0) is 17.1 Å². The van der Waals surface area contributed by atoms with Crippen LogP contribution in [0.15, 0.2) is 12.1 Å². The number of esters is 1. The summed E-state index contributed by atoms with van der Waals surface area (Å²) in [6, 6.07) is 0.444. The second kappa shape index (κ2) is 4.75. The van der Waals surface area contributed by atoms with Crippen molar-refractivity contribution in [3.63, 3.8) is 0 Å². The molecule has 106 valence electrons. The van der Waals surface area contributed by atoms with Crippen molar-refractivity contribution in [2.45, 2.75) is 19.3 Å². The number of ether oxygens (including phenoxy) is 1. The number of hydrogen-bond donors (Lipinski definition) is 0. The van der Waals surface area contributed by atoms with Crippen LogP contribution in [0.4, 0.5) is 26.3 Å². The van der Waals surface area contributed by atoms with Gasteiger partial charge in [0, 0.05) is 0 Å². The molecule has 0 N–H and O–H groups in total. The Balaban J connectivity index is 3.61. The van der Waals surface area contributed by atoms with Crippen LogP contribution in [0.1, 0.15) is 27.0 Å². The topological polar surface area (TPSA) is 26.3 Å². The number of benzene rings is 1. The van der Waals surface area contributed by atoms with E-state index in [1.54, 1.807) is 0 Å². The summed E-state index contributed by atoms with van der Waals surface area (Å²) in [7, 11) is 0.923. The molecule has 1 aromatic carbocycles. The van der Waals surface area contributed by atoms with Gasteiger partial charge in [-0.15, -0.1) is 0 Å². The summed E-state index contributed by atoms with van der Waals surface area (Å²) in [5.74, 6) is -1.13. The Morgan fingerprint density at radius 3 is 1.79 bits per heavy atom. The SMILES string of the molecule is COC(=O)c1cc(C(F)(F)F)c(C(F)(F)F)cc1C. The largest absolute Gasteiger partial charge is 0.465 e. The summed E-state index contributed by atoms with van der Waals surface area (Å²) in [5.41, 5.74) is -4.54. The molecule has 0 aliphatic carbocycles. The maximum absolute atomic E-state index is 12.6. The third kappa shape index (κ3) is 3.18. The van der Waals surface area contributed by atoms with E-state index in [2.05, 4.69) is 4.74 Å². The summed E-state index contributed by atoms with van der Waals surface area (Å²) in [4.78, 5) is 11.2. The fourth-order valence-electron chi connectivity index (χ4n) is 1.51. The molecule has 0 fully saturated rings. The third-order valence-corrected chi connectivity index (χ3v) is 2.38. The number of aryl methyl sites for hydroxylation is 1. The van der Waals surface area contributed by atoms with E-state index in [1.807, 2.05) is 0 Å². The Morgan fingerprint density at radius 2 is 1.42 bits per heavy atom. The van der Waals surface area contributed by atoms with Crippen LogP contribution in [-0.4, -0.2) is 13.1 Å². The molecule has 0 heterocycles. The molecule has 2 nitrogen and oxygen atoms in total. The fourth-order valence-corrected chi connectivity index (χ4v) is 1.51. The Bertz CT molecular complexity index is 501. The van der Waals surface area contributed by atoms with Crippen molar-refractivity contribution < 1.29 is 35.9 Å². The number of carbonyl (C=O) groups excluding carboxylic acids is 1. The van der Waals surface area contributed by atoms with E-state index in [0.29, 0.717) is 0 Å². The van der Waals surface area contributed by atoms with Gasteiger partial charge in [-0.1, -0.05) is 0 Å². The normalized spacial score (nSPS) is 12.4. The molecule has 0 aliphatic heterocycles. The van der Waals surface area contributed by atoms with Gasteiger partial charge in [-0.3, -0.25) is 0 Å². The molecule has 1 aromatic rings. The van der Waals surface area contributed by atoms with Crippen LogP contribution in [0.25, 0.3) is 0 Å². The molecule has 0 spiro atoms. The van der Waals surface area contributed by atoms with Gasteiger partial charge in [0.05, 0.1) is 23.8 Å². The number of rotatable bonds is 1. The van der Waals surface area contributed by atoms with E-state index in [0.717, 1.165) is 14.0 Å². The van der Waals surface area contributed by atoms with Gasteiger partial charge in [0.15, 0.2) is 0 Å². The zero-order valence-electron chi connectivity index (χ0n) is 9.74. The van der Waals surface area contributed by atoms with Gasteiger partial charge in [-0.25, -0.2) is 4.79 Å². The minimum absolute atomic E-state index is 0.157. The van der Waals surface area contributed by atoms with Crippen molar-refractivity contribution in [1.82, 2.24) is 0 Å². The van der Waals surface area contributed by atoms with Crippen LogP contribution in [0.5, 0.6) is 0 Å². The molecule has 0 unspecified atom stereocenters. The van der Waals surface area contributed by atoms with Crippen molar-refractivity contribution >= 4 is 5.97 Å². The summed E-state index contributed by atoms with van der Waals surface area (Å²) in [5, 5.41) is 0. The predicted molar refractivity (Wildman–Crippen MR) is 52.5 cm³/mol. The minimum atomic E-state index is -5.22. The maximum atomic E-state index is 12.6. The second-order valence-electron chi connectivity index (χ2n) is 3.70. The average Bonchev–Trinajstić information content (AvgIpc) is 2.24. The van der Waals surface area contributed by atoms with Gasteiger partial charge in [0.25, 0.3) is 0 Å². The van der Waals surface area contributed by atoms with Crippen LogP contribution in [0.3, 0.4) is 0 Å². The van der Waals surface area contributed by atoms with Crippen molar-refractivity contribution in [3.8, 4) is 0 Å². The molecule has 0 saturated heterocycles. The summed E-state index contributed by atoms with van der Waals surface area (Å²) < 4.78 is 79.7. The van der Waals surface area contributed by atoms with Crippen molar-refractivity contribution in [3.05, 3.63) is 34.4 Å². The van der Waals surface area contributed by atoms with Crippen LogP contribution >= 0.6 is 0 Å². The first-order valence-electron chi connectivity index (χ1n) is 4.86. The van der Waals surface area contributed by atoms with E-state index >= 15 is 0 Å². The quantitative estimate of drug-likeness (QED) is 0.579. The number of hydrogen-bond acceptors (Lipinski definition) is 2. The van der Waals surface area contributed by atoms with Gasteiger partial charge in [0.1, 0.15) is 0 Å². The predicted octanol–water partition coefficient (Wildman–Crippen LogP) is 3.82. The Hall–Kier alpha value is -1.73. The maximum Gasteiger partial charge on any atom is 0.417 e. The molecule has 0 atom stereocenters. The van der Waals surface area contributed by atoms with Gasteiger partial charge in [0.2, 0.25) is 0 Å². The van der Waals surface area contributed by atoms with Gasteiger partial charge < -0.3 is 4.74 Å². The summed E-state index contributed by atoms with van der Waals surface area (Å²) >= 11 is 0. The van der Waals surface area contributed by atoms with Gasteiger partial charge in [-0.05, 0) is 24.6 Å². The fraction of sp³-hybridized carbons (Fsp3) is 0.364. The summed E-state index contributed by atoms with van der Waals surface area (Å²) in [6.45, 7) is 1.10. The van der Waals surface area contributed by atoms with E-state index in [4.69, 9.17) is 0 Å². The average molecular weight is 286 g/mol. The van der Waals surface area contributed by atoms with E-state index in [-0.39, 0.29) is 17.7 Å². The lowest BCUT2D eigenvalue weighted by atomic mass is 9.98. The van der Waals surface area contributed by atoms with Crippen molar-refractivity contribution in [2.24, 2.45) is 0 Å². The molecule has 0 amide bonds. The van der Waals surface area contributed by atoms with Crippen LogP contribution < -0.4 is 0 Å². The van der Waals surface area contributed by atoms with E-state index in [9.17, 15) is 31.1 Å². The molecule has 0 saturated carbocycles. The first-order valence-corrected chi connectivity index (χ1v) is 4.86. The second-order valence-corrected chi connectivity index (χ2v) is 3.70. The van der Waals surface area contributed by atoms with Crippen LogP contribution in [0, 0.1) is 6.92 Å². The minimum Gasteiger partial charge on any atom is -0.465 e. The highest BCUT2D eigenvalue weighted by Gasteiger charge is 2.43. The van der Waals surface area contributed by atoms with Crippen molar-refractivity contribution in [1.29, 1.82) is 0 Å². The molecule has 0 radical (unpaired) electrons. The zero-order valence-corrected chi connectivity index (χ0v) is 9.74. The molecule has 8 heteroatoms. The first-order chi connectivity index (χ1) is 8.48. The number of methoxy groups -OCH3 is 1. The number of carbonyl (C=O) groups is 1. The molecule has 0 aromatic heterocycles. The monoisotopic (exact) mass is 286 g/mol. The first kappa shape index (κ1) is 15.3. The lowest BCUT2D eigenvalue weighted by molar-refractivity contribution is -0.162. The molecular formula is C11H8F6O2.